The molecule has 0 fully saturated rings. The number of rotatable bonds is 1. The highest BCUT2D eigenvalue weighted by molar-refractivity contribution is 5.90. The Hall–Kier alpha value is -1.55. The van der Waals surface area contributed by atoms with E-state index in [0.717, 1.165) is 0 Å². The number of fused-ring (bicyclic) bond motifs is 1. The Balaban J connectivity index is 2.56. The van der Waals surface area contributed by atoms with Crippen LogP contribution in [0.4, 0.5) is 0 Å². The minimum absolute atomic E-state index is 0.112. The smallest absolute Gasteiger partial charge is 0.336 e. The molecule has 0 bridgehead atoms. The molecule has 1 aliphatic rings. The quantitative estimate of drug-likeness (QED) is 0.762. The average molecular weight is 222 g/mol. The van der Waals surface area contributed by atoms with E-state index in [1.165, 1.54) is 6.07 Å². The molecule has 1 heterocycles. The Labute approximate surface area is 93.5 Å². The summed E-state index contributed by atoms with van der Waals surface area (Å²) in [5, 5.41) is 19.0. The highest BCUT2D eigenvalue weighted by atomic mass is 16.5. The van der Waals surface area contributed by atoms with Crippen molar-refractivity contribution in [3.63, 3.8) is 0 Å². The Bertz CT molecular complexity index is 437. The molecule has 0 radical (unpaired) electrons. The maximum absolute atomic E-state index is 11.0. The molecule has 0 aromatic heterocycles. The highest BCUT2D eigenvalue weighted by Gasteiger charge is 2.35. The highest BCUT2D eigenvalue weighted by Crippen LogP contribution is 2.41. The molecular formula is C12H14O4. The minimum Gasteiger partial charge on any atom is -0.487 e. The van der Waals surface area contributed by atoms with Crippen molar-refractivity contribution in [3.8, 4) is 5.75 Å². The fourth-order valence-corrected chi connectivity index (χ4v) is 2.07. The van der Waals surface area contributed by atoms with Crippen LogP contribution in [0.25, 0.3) is 0 Å². The van der Waals surface area contributed by atoms with Crippen LogP contribution in [0.2, 0.25) is 0 Å². The molecule has 1 atom stereocenters. The zero-order valence-electron chi connectivity index (χ0n) is 9.23. The second-order valence-corrected chi connectivity index (χ2v) is 4.60. The number of aromatic carboxylic acids is 1. The molecule has 1 aliphatic heterocycles. The number of benzene rings is 1. The minimum atomic E-state index is -1.04. The van der Waals surface area contributed by atoms with E-state index < -0.39 is 17.7 Å². The largest absolute Gasteiger partial charge is 0.487 e. The van der Waals surface area contributed by atoms with Crippen LogP contribution >= 0.6 is 0 Å². The third-order valence-electron chi connectivity index (χ3n) is 2.70. The van der Waals surface area contributed by atoms with Gasteiger partial charge in [-0.15, -0.1) is 0 Å². The summed E-state index contributed by atoms with van der Waals surface area (Å²) in [6.45, 7) is 3.74. The van der Waals surface area contributed by atoms with Crippen LogP contribution in [-0.2, 0) is 0 Å². The number of aliphatic hydroxyl groups is 1. The second-order valence-electron chi connectivity index (χ2n) is 4.60. The molecular weight excluding hydrogens is 208 g/mol. The number of hydrogen-bond acceptors (Lipinski definition) is 3. The Morgan fingerprint density at radius 3 is 2.81 bits per heavy atom. The van der Waals surface area contributed by atoms with Gasteiger partial charge in [0.15, 0.2) is 0 Å². The molecule has 1 aromatic rings. The summed E-state index contributed by atoms with van der Waals surface area (Å²) in [5.41, 5.74) is 0.0265. The zero-order chi connectivity index (χ0) is 11.9. The Morgan fingerprint density at radius 2 is 2.19 bits per heavy atom. The molecule has 0 unspecified atom stereocenters. The van der Waals surface area contributed by atoms with Crippen molar-refractivity contribution in [2.75, 3.05) is 0 Å². The van der Waals surface area contributed by atoms with Crippen molar-refractivity contribution >= 4 is 5.97 Å². The molecule has 4 heteroatoms. The standard InChI is InChI=1S/C12H14O4/c1-12(2)6-8(13)10-7(11(14)15)4-3-5-9(10)16-12/h3-5,8,13H,6H2,1-2H3,(H,14,15)/t8-/m1/s1. The van der Waals surface area contributed by atoms with Gasteiger partial charge in [-0.2, -0.15) is 0 Å². The summed E-state index contributed by atoms with van der Waals surface area (Å²) in [4.78, 5) is 11.0. The molecule has 0 saturated heterocycles. The van der Waals surface area contributed by atoms with Gasteiger partial charge in [-0.3, -0.25) is 0 Å². The van der Waals surface area contributed by atoms with Crippen LogP contribution in [0.3, 0.4) is 0 Å². The van der Waals surface area contributed by atoms with Crippen molar-refractivity contribution in [2.24, 2.45) is 0 Å². The maximum Gasteiger partial charge on any atom is 0.336 e. The fourth-order valence-electron chi connectivity index (χ4n) is 2.07. The SMILES string of the molecule is CC1(C)C[C@@H](O)c2c(cccc2C(=O)O)O1. The summed E-state index contributed by atoms with van der Waals surface area (Å²) >= 11 is 0. The van der Waals surface area contributed by atoms with E-state index in [1.54, 1.807) is 12.1 Å². The number of aliphatic hydroxyl groups excluding tert-OH is 1. The Kier molecular flexibility index (Phi) is 2.39. The first-order valence-electron chi connectivity index (χ1n) is 5.14. The summed E-state index contributed by atoms with van der Waals surface area (Å²) < 4.78 is 5.66. The van der Waals surface area contributed by atoms with Crippen LogP contribution in [0, 0.1) is 0 Å². The van der Waals surface area contributed by atoms with Crippen LogP contribution in [0.1, 0.15) is 42.3 Å². The van der Waals surface area contributed by atoms with Crippen LogP contribution in [0.15, 0.2) is 18.2 Å². The van der Waals surface area contributed by atoms with Gasteiger partial charge in [0.05, 0.1) is 11.7 Å². The van der Waals surface area contributed by atoms with E-state index >= 15 is 0 Å². The molecule has 86 valence electrons. The molecule has 0 aliphatic carbocycles. The molecule has 2 N–H and O–H groups in total. The predicted molar refractivity (Wildman–Crippen MR) is 57.7 cm³/mol. The maximum atomic E-state index is 11.0. The van der Waals surface area contributed by atoms with Gasteiger partial charge in [0, 0.05) is 12.0 Å². The Morgan fingerprint density at radius 1 is 1.50 bits per heavy atom. The topological polar surface area (TPSA) is 66.8 Å². The average Bonchev–Trinajstić information content (AvgIpc) is 2.14. The molecule has 0 saturated carbocycles. The third kappa shape index (κ3) is 1.76. The third-order valence-corrected chi connectivity index (χ3v) is 2.70. The van der Waals surface area contributed by atoms with Crippen molar-refractivity contribution in [1.29, 1.82) is 0 Å². The fraction of sp³-hybridized carbons (Fsp3) is 0.417. The van der Waals surface area contributed by atoms with Gasteiger partial charge < -0.3 is 14.9 Å². The number of carboxylic acid groups (broad SMARTS) is 1. The van der Waals surface area contributed by atoms with E-state index in [1.807, 2.05) is 13.8 Å². The first kappa shape index (κ1) is 11.0. The normalized spacial score (nSPS) is 22.1. The number of ether oxygens (including phenoxy) is 1. The first-order chi connectivity index (χ1) is 7.41. The first-order valence-corrected chi connectivity index (χ1v) is 5.14. The number of carboxylic acids is 1. The molecule has 0 amide bonds. The van der Waals surface area contributed by atoms with Gasteiger partial charge >= 0.3 is 5.97 Å². The summed E-state index contributed by atoms with van der Waals surface area (Å²) in [6, 6.07) is 4.79. The van der Waals surface area contributed by atoms with Crippen LogP contribution < -0.4 is 4.74 Å². The lowest BCUT2D eigenvalue weighted by molar-refractivity contribution is 0.0102. The van der Waals surface area contributed by atoms with Gasteiger partial charge in [-0.1, -0.05) is 6.07 Å². The van der Waals surface area contributed by atoms with Crippen molar-refractivity contribution in [2.45, 2.75) is 32.0 Å². The van der Waals surface area contributed by atoms with Gasteiger partial charge in [0.25, 0.3) is 0 Å². The second kappa shape index (κ2) is 3.49. The van der Waals surface area contributed by atoms with Gasteiger partial charge in [-0.25, -0.2) is 4.79 Å². The molecule has 16 heavy (non-hydrogen) atoms. The molecule has 4 nitrogen and oxygen atoms in total. The predicted octanol–water partition coefficient (Wildman–Crippen LogP) is 1.98. The molecule has 2 rings (SSSR count). The van der Waals surface area contributed by atoms with Crippen LogP contribution in [-0.4, -0.2) is 21.8 Å². The molecule has 0 spiro atoms. The van der Waals surface area contributed by atoms with E-state index in [2.05, 4.69) is 0 Å². The van der Waals surface area contributed by atoms with Crippen molar-refractivity contribution in [1.82, 2.24) is 0 Å². The van der Waals surface area contributed by atoms with Gasteiger partial charge in [-0.05, 0) is 26.0 Å². The zero-order valence-corrected chi connectivity index (χ0v) is 9.23. The summed E-state index contributed by atoms with van der Waals surface area (Å²) in [5.74, 6) is -0.581. The van der Waals surface area contributed by atoms with E-state index in [0.29, 0.717) is 17.7 Å². The van der Waals surface area contributed by atoms with E-state index in [9.17, 15) is 9.90 Å². The number of carbonyl (C=O) groups is 1. The van der Waals surface area contributed by atoms with Gasteiger partial charge in [0.1, 0.15) is 11.4 Å². The molecule has 1 aromatic carbocycles. The summed E-state index contributed by atoms with van der Waals surface area (Å²) in [6.07, 6.45) is -0.393. The van der Waals surface area contributed by atoms with Crippen molar-refractivity contribution < 1.29 is 19.7 Å². The van der Waals surface area contributed by atoms with Gasteiger partial charge in [0.2, 0.25) is 0 Å². The van der Waals surface area contributed by atoms with Crippen LogP contribution in [0.5, 0.6) is 5.75 Å². The van der Waals surface area contributed by atoms with E-state index in [4.69, 9.17) is 9.84 Å². The van der Waals surface area contributed by atoms with E-state index in [-0.39, 0.29) is 5.56 Å². The lowest BCUT2D eigenvalue weighted by Gasteiger charge is -2.36. The summed E-state index contributed by atoms with van der Waals surface area (Å²) in [7, 11) is 0. The number of hydrogen-bond donors (Lipinski definition) is 2. The monoisotopic (exact) mass is 222 g/mol. The van der Waals surface area contributed by atoms with Crippen molar-refractivity contribution in [3.05, 3.63) is 29.3 Å². The lowest BCUT2D eigenvalue weighted by Crippen LogP contribution is -2.35. The lowest BCUT2D eigenvalue weighted by atomic mass is 9.89.